The molecule has 0 atom stereocenters. The molecule has 0 spiro atoms. The Bertz CT molecular complexity index is 489. The van der Waals surface area contributed by atoms with Crippen molar-refractivity contribution in [3.8, 4) is 0 Å². The molecule has 1 saturated heterocycles. The minimum atomic E-state index is -3.09. The van der Waals surface area contributed by atoms with Gasteiger partial charge in [-0.25, -0.2) is 8.42 Å². The van der Waals surface area contributed by atoms with Crippen molar-refractivity contribution in [3.05, 3.63) is 26.8 Å². The molecule has 1 aromatic carbocycles. The van der Waals surface area contributed by atoms with E-state index in [0.717, 1.165) is 9.26 Å². The molecule has 1 aliphatic rings. The number of halogens is 2. The number of nitrogens with zero attached hydrogens (tertiary/aromatic N) is 1. The molecule has 2 rings (SSSR count). The molecule has 15 heavy (non-hydrogen) atoms. The monoisotopic (exact) mass is 357 g/mol. The van der Waals surface area contributed by atoms with Gasteiger partial charge in [-0.1, -0.05) is 11.6 Å². The van der Waals surface area contributed by atoms with Gasteiger partial charge in [0.1, 0.15) is 0 Å². The average Bonchev–Trinajstić information content (AvgIpc) is 2.46. The maximum atomic E-state index is 11.7. The van der Waals surface area contributed by atoms with E-state index in [-0.39, 0.29) is 5.75 Å². The summed E-state index contributed by atoms with van der Waals surface area (Å²) in [5.74, 6) is 0.242. The maximum Gasteiger partial charge on any atom is 0.235 e. The Labute approximate surface area is 108 Å². The Morgan fingerprint density at radius 2 is 2.13 bits per heavy atom. The maximum absolute atomic E-state index is 11.7. The first-order valence-electron chi connectivity index (χ1n) is 4.46. The van der Waals surface area contributed by atoms with E-state index in [1.54, 1.807) is 18.2 Å². The molecule has 0 unspecified atom stereocenters. The first kappa shape index (κ1) is 11.5. The lowest BCUT2D eigenvalue weighted by atomic mass is 10.3. The molecule has 1 heterocycles. The summed E-state index contributed by atoms with van der Waals surface area (Å²) in [7, 11) is -3.09. The van der Waals surface area contributed by atoms with Crippen LogP contribution in [0.3, 0.4) is 0 Å². The summed E-state index contributed by atoms with van der Waals surface area (Å²) in [6.07, 6.45) is 0.695. The predicted octanol–water partition coefficient (Wildman–Crippen LogP) is 2.48. The second-order valence-electron chi connectivity index (χ2n) is 3.34. The lowest BCUT2D eigenvalue weighted by Gasteiger charge is -2.18. The van der Waals surface area contributed by atoms with Crippen molar-refractivity contribution in [1.82, 2.24) is 0 Å². The molecular formula is C9H9ClINO2S. The van der Waals surface area contributed by atoms with E-state index in [1.807, 2.05) is 0 Å². The number of sulfonamides is 1. The third kappa shape index (κ3) is 2.24. The molecule has 82 valence electrons. The minimum Gasteiger partial charge on any atom is -0.269 e. The third-order valence-corrected chi connectivity index (χ3v) is 5.23. The molecule has 0 N–H and O–H groups in total. The highest BCUT2D eigenvalue weighted by Crippen LogP contribution is 2.30. The highest BCUT2D eigenvalue weighted by molar-refractivity contribution is 14.1. The average molecular weight is 358 g/mol. The largest absolute Gasteiger partial charge is 0.269 e. The second-order valence-corrected chi connectivity index (χ2v) is 6.95. The van der Waals surface area contributed by atoms with Crippen molar-refractivity contribution in [2.45, 2.75) is 6.42 Å². The molecule has 1 aromatic rings. The molecule has 0 radical (unpaired) electrons. The van der Waals surface area contributed by atoms with Gasteiger partial charge in [-0.05, 0) is 47.2 Å². The number of rotatable bonds is 1. The highest BCUT2D eigenvalue weighted by atomic mass is 127. The van der Waals surface area contributed by atoms with Gasteiger partial charge in [0.15, 0.2) is 0 Å². The van der Waals surface area contributed by atoms with E-state index in [2.05, 4.69) is 22.6 Å². The zero-order valence-electron chi connectivity index (χ0n) is 7.78. The van der Waals surface area contributed by atoms with Crippen molar-refractivity contribution in [1.29, 1.82) is 0 Å². The molecule has 0 aliphatic carbocycles. The molecule has 1 fully saturated rings. The normalized spacial score (nSPS) is 19.5. The Kier molecular flexibility index (Phi) is 3.14. The van der Waals surface area contributed by atoms with Crippen LogP contribution in [0.25, 0.3) is 0 Å². The van der Waals surface area contributed by atoms with Crippen molar-refractivity contribution in [3.63, 3.8) is 0 Å². The molecular weight excluding hydrogens is 349 g/mol. The summed E-state index contributed by atoms with van der Waals surface area (Å²) >= 11 is 7.92. The van der Waals surface area contributed by atoms with Crippen LogP contribution in [0.15, 0.2) is 18.2 Å². The molecule has 0 saturated carbocycles. The van der Waals surface area contributed by atoms with E-state index in [4.69, 9.17) is 11.6 Å². The molecule has 1 aliphatic heterocycles. The van der Waals surface area contributed by atoms with E-state index in [0.29, 0.717) is 18.0 Å². The van der Waals surface area contributed by atoms with Gasteiger partial charge in [-0.3, -0.25) is 4.31 Å². The SMILES string of the molecule is O=S1(=O)CCCN1c1ccc(Cl)cc1I. The number of hydrogen-bond donors (Lipinski definition) is 0. The van der Waals surface area contributed by atoms with Crippen LogP contribution >= 0.6 is 34.2 Å². The van der Waals surface area contributed by atoms with Crippen LogP contribution in [-0.2, 0) is 10.0 Å². The fraction of sp³-hybridized carbons (Fsp3) is 0.333. The smallest absolute Gasteiger partial charge is 0.235 e. The van der Waals surface area contributed by atoms with Crippen LogP contribution in [0.2, 0.25) is 5.02 Å². The zero-order valence-corrected chi connectivity index (χ0v) is 11.5. The van der Waals surface area contributed by atoms with Crippen LogP contribution < -0.4 is 4.31 Å². The summed E-state index contributed by atoms with van der Waals surface area (Å²) in [6, 6.07) is 5.24. The lowest BCUT2D eigenvalue weighted by Crippen LogP contribution is -2.25. The van der Waals surface area contributed by atoms with Gasteiger partial charge in [0.2, 0.25) is 10.0 Å². The Hall–Kier alpha value is -0.0100. The van der Waals surface area contributed by atoms with Gasteiger partial charge in [-0.15, -0.1) is 0 Å². The van der Waals surface area contributed by atoms with E-state index in [9.17, 15) is 8.42 Å². The van der Waals surface area contributed by atoms with Crippen LogP contribution in [0, 0.1) is 3.57 Å². The molecule has 0 bridgehead atoms. The number of benzene rings is 1. The number of anilines is 1. The summed E-state index contributed by atoms with van der Waals surface area (Å²) < 4.78 is 25.7. The standard InChI is InChI=1S/C9H9ClINO2S/c10-7-2-3-9(8(11)6-7)12-4-1-5-15(12,13)14/h2-3,6H,1,4-5H2. The molecule has 3 nitrogen and oxygen atoms in total. The minimum absolute atomic E-state index is 0.242. The lowest BCUT2D eigenvalue weighted by molar-refractivity contribution is 0.599. The van der Waals surface area contributed by atoms with Crippen molar-refractivity contribution in [2.75, 3.05) is 16.6 Å². The van der Waals surface area contributed by atoms with Crippen molar-refractivity contribution < 1.29 is 8.42 Å². The van der Waals surface area contributed by atoms with Crippen molar-refractivity contribution in [2.24, 2.45) is 0 Å². The van der Waals surface area contributed by atoms with Gasteiger partial charge in [-0.2, -0.15) is 0 Å². The van der Waals surface area contributed by atoms with Gasteiger partial charge in [0.05, 0.1) is 11.4 Å². The fourth-order valence-electron chi connectivity index (χ4n) is 1.59. The fourth-order valence-corrected chi connectivity index (χ4v) is 4.50. The summed E-state index contributed by atoms with van der Waals surface area (Å²) in [5.41, 5.74) is 0.734. The second kappa shape index (κ2) is 4.10. The molecule has 0 aromatic heterocycles. The summed E-state index contributed by atoms with van der Waals surface area (Å²) in [6.45, 7) is 0.569. The van der Waals surface area contributed by atoms with Gasteiger partial charge in [0.25, 0.3) is 0 Å². The Morgan fingerprint density at radius 1 is 1.40 bits per heavy atom. The quantitative estimate of drug-likeness (QED) is 0.724. The summed E-state index contributed by atoms with van der Waals surface area (Å²) in [4.78, 5) is 0. The van der Waals surface area contributed by atoms with E-state index >= 15 is 0 Å². The van der Waals surface area contributed by atoms with Crippen LogP contribution in [0.4, 0.5) is 5.69 Å². The predicted molar refractivity (Wildman–Crippen MR) is 69.9 cm³/mol. The van der Waals surface area contributed by atoms with Gasteiger partial charge >= 0.3 is 0 Å². The Balaban J connectivity index is 2.46. The summed E-state index contributed by atoms with van der Waals surface area (Å²) in [5, 5.41) is 0.625. The van der Waals surface area contributed by atoms with Gasteiger partial charge in [0, 0.05) is 15.1 Å². The van der Waals surface area contributed by atoms with Crippen LogP contribution in [0.5, 0.6) is 0 Å². The highest BCUT2D eigenvalue weighted by Gasteiger charge is 2.29. The third-order valence-electron chi connectivity index (χ3n) is 2.28. The molecule has 6 heteroatoms. The van der Waals surface area contributed by atoms with Crippen LogP contribution in [-0.4, -0.2) is 20.7 Å². The van der Waals surface area contributed by atoms with Crippen molar-refractivity contribution >= 4 is 49.9 Å². The Morgan fingerprint density at radius 3 is 2.67 bits per heavy atom. The van der Waals surface area contributed by atoms with Gasteiger partial charge < -0.3 is 0 Å². The van der Waals surface area contributed by atoms with E-state index < -0.39 is 10.0 Å². The van der Waals surface area contributed by atoms with Crippen LogP contribution in [0.1, 0.15) is 6.42 Å². The first-order chi connectivity index (χ1) is 7.00. The zero-order chi connectivity index (χ0) is 11.1. The number of hydrogen-bond acceptors (Lipinski definition) is 2. The molecule has 0 amide bonds. The topological polar surface area (TPSA) is 37.4 Å². The van der Waals surface area contributed by atoms with E-state index in [1.165, 1.54) is 4.31 Å². The first-order valence-corrected chi connectivity index (χ1v) is 7.53.